The Bertz CT molecular complexity index is 317. The summed E-state index contributed by atoms with van der Waals surface area (Å²) in [5.74, 6) is 0.413. The van der Waals surface area contributed by atoms with E-state index >= 15 is 0 Å². The molecule has 0 aliphatic carbocycles. The molecule has 0 aliphatic heterocycles. The fourth-order valence-corrected chi connectivity index (χ4v) is 1.61. The van der Waals surface area contributed by atoms with E-state index in [0.717, 1.165) is 6.54 Å². The van der Waals surface area contributed by atoms with Crippen molar-refractivity contribution in [2.24, 2.45) is 5.92 Å². The van der Waals surface area contributed by atoms with Gasteiger partial charge in [0.1, 0.15) is 5.78 Å². The van der Waals surface area contributed by atoms with Crippen LogP contribution in [0.5, 0.6) is 0 Å². The van der Waals surface area contributed by atoms with E-state index in [1.54, 1.807) is 11.9 Å². The highest BCUT2D eigenvalue weighted by atomic mass is 16.5. The molecule has 21 heavy (non-hydrogen) atoms. The van der Waals surface area contributed by atoms with Gasteiger partial charge in [-0.25, -0.2) is 0 Å². The Balaban J connectivity index is 3.71. The molecule has 0 bridgehead atoms. The third-order valence-electron chi connectivity index (χ3n) is 3.69. The van der Waals surface area contributed by atoms with E-state index in [0.29, 0.717) is 38.6 Å². The molecule has 0 aromatic carbocycles. The molecule has 1 amide bonds. The second kappa shape index (κ2) is 10.7. The van der Waals surface area contributed by atoms with Crippen molar-refractivity contribution in [3.05, 3.63) is 0 Å². The van der Waals surface area contributed by atoms with Gasteiger partial charge in [0.25, 0.3) is 0 Å². The molecule has 0 rings (SSSR count). The normalized spacial score (nSPS) is 11.5. The molecule has 124 valence electrons. The van der Waals surface area contributed by atoms with E-state index in [1.807, 2.05) is 20.9 Å². The number of Topliss-reactive ketones (excluding diaryl/α,β-unsaturated/α-hetero) is 1. The van der Waals surface area contributed by atoms with Gasteiger partial charge in [0.15, 0.2) is 0 Å². The molecule has 0 aromatic rings. The van der Waals surface area contributed by atoms with Crippen LogP contribution < -0.4 is 0 Å². The number of nitrogens with zero attached hydrogens (tertiary/aromatic N) is 2. The maximum absolute atomic E-state index is 11.9. The lowest BCUT2D eigenvalue weighted by Crippen LogP contribution is -2.35. The summed E-state index contributed by atoms with van der Waals surface area (Å²) in [6, 6.07) is 0.449. The van der Waals surface area contributed by atoms with Crippen molar-refractivity contribution < 1.29 is 14.3 Å². The van der Waals surface area contributed by atoms with Crippen molar-refractivity contribution in [2.75, 3.05) is 40.4 Å². The van der Waals surface area contributed by atoms with Gasteiger partial charge < -0.3 is 14.5 Å². The molecular weight excluding hydrogens is 268 g/mol. The highest BCUT2D eigenvalue weighted by molar-refractivity contribution is 5.80. The standard InChI is InChI=1S/C16H32N2O3/c1-13(2)15(19)8-11-21-12-10-18(6)16(20)7-9-17(5)14(3)4/h13-14H,7-12H2,1-6H3. The largest absolute Gasteiger partial charge is 0.379 e. The molecule has 0 fully saturated rings. The van der Waals surface area contributed by atoms with Crippen LogP contribution in [0.4, 0.5) is 0 Å². The van der Waals surface area contributed by atoms with E-state index in [1.165, 1.54) is 0 Å². The van der Waals surface area contributed by atoms with Crippen LogP contribution in [0.15, 0.2) is 0 Å². The number of carbonyl (C=O) groups is 2. The van der Waals surface area contributed by atoms with Crippen LogP contribution in [0.1, 0.15) is 40.5 Å². The summed E-state index contributed by atoms with van der Waals surface area (Å²) in [4.78, 5) is 27.2. The van der Waals surface area contributed by atoms with Gasteiger partial charge >= 0.3 is 0 Å². The fraction of sp³-hybridized carbons (Fsp3) is 0.875. The predicted molar refractivity (Wildman–Crippen MR) is 85.3 cm³/mol. The van der Waals surface area contributed by atoms with Crippen LogP contribution in [0.25, 0.3) is 0 Å². The number of carbonyl (C=O) groups excluding carboxylic acids is 2. The topological polar surface area (TPSA) is 49.9 Å². The van der Waals surface area contributed by atoms with Gasteiger partial charge in [-0.3, -0.25) is 9.59 Å². The minimum Gasteiger partial charge on any atom is -0.379 e. The Labute approximate surface area is 129 Å². The third kappa shape index (κ3) is 9.58. The molecule has 0 saturated carbocycles. The number of hydrogen-bond donors (Lipinski definition) is 0. The summed E-state index contributed by atoms with van der Waals surface area (Å²) in [5, 5.41) is 0. The van der Waals surface area contributed by atoms with Crippen molar-refractivity contribution in [1.29, 1.82) is 0 Å². The predicted octanol–water partition coefficient (Wildman–Crippen LogP) is 1.81. The van der Waals surface area contributed by atoms with Crippen molar-refractivity contribution in [3.8, 4) is 0 Å². The number of ether oxygens (including phenoxy) is 1. The first-order chi connectivity index (χ1) is 9.75. The van der Waals surface area contributed by atoms with E-state index in [2.05, 4.69) is 18.7 Å². The lowest BCUT2D eigenvalue weighted by molar-refractivity contribution is -0.131. The smallest absolute Gasteiger partial charge is 0.223 e. The van der Waals surface area contributed by atoms with Crippen molar-refractivity contribution >= 4 is 11.7 Å². The molecule has 0 N–H and O–H groups in total. The Hall–Kier alpha value is -0.940. The van der Waals surface area contributed by atoms with Crippen molar-refractivity contribution in [1.82, 2.24) is 9.80 Å². The average Bonchev–Trinajstić information content (AvgIpc) is 2.42. The van der Waals surface area contributed by atoms with E-state index < -0.39 is 0 Å². The molecule has 0 atom stereocenters. The second-order valence-corrected chi connectivity index (χ2v) is 6.12. The Morgan fingerprint density at radius 1 is 0.952 bits per heavy atom. The first-order valence-corrected chi connectivity index (χ1v) is 7.80. The SMILES string of the molecule is CC(C)C(=O)CCOCCN(C)C(=O)CCN(C)C(C)C. The average molecular weight is 300 g/mol. The molecule has 5 nitrogen and oxygen atoms in total. The number of rotatable bonds is 11. The van der Waals surface area contributed by atoms with Gasteiger partial charge in [-0.05, 0) is 20.9 Å². The zero-order valence-electron chi connectivity index (χ0n) is 14.5. The van der Waals surface area contributed by atoms with Gasteiger partial charge in [0.2, 0.25) is 5.91 Å². The molecule has 0 unspecified atom stereocenters. The van der Waals surface area contributed by atoms with Crippen molar-refractivity contribution in [3.63, 3.8) is 0 Å². The summed E-state index contributed by atoms with van der Waals surface area (Å²) in [7, 11) is 3.81. The van der Waals surface area contributed by atoms with E-state index in [4.69, 9.17) is 4.74 Å². The highest BCUT2D eigenvalue weighted by Gasteiger charge is 2.11. The van der Waals surface area contributed by atoms with Crippen LogP contribution >= 0.6 is 0 Å². The monoisotopic (exact) mass is 300 g/mol. The summed E-state index contributed by atoms with van der Waals surface area (Å²) in [6.45, 7) is 10.3. The maximum atomic E-state index is 11.9. The van der Waals surface area contributed by atoms with Gasteiger partial charge in [-0.1, -0.05) is 13.8 Å². The van der Waals surface area contributed by atoms with Gasteiger partial charge in [0, 0.05) is 44.9 Å². The maximum Gasteiger partial charge on any atom is 0.223 e. The third-order valence-corrected chi connectivity index (χ3v) is 3.69. The quantitative estimate of drug-likeness (QED) is 0.546. The lowest BCUT2D eigenvalue weighted by Gasteiger charge is -2.23. The molecule has 0 aliphatic rings. The number of ketones is 1. The zero-order chi connectivity index (χ0) is 16.4. The summed E-state index contributed by atoms with van der Waals surface area (Å²) >= 11 is 0. The van der Waals surface area contributed by atoms with E-state index in [9.17, 15) is 9.59 Å². The summed E-state index contributed by atoms with van der Waals surface area (Å²) in [5.41, 5.74) is 0. The van der Waals surface area contributed by atoms with Gasteiger partial charge in [0.05, 0.1) is 13.2 Å². The first kappa shape index (κ1) is 20.1. The molecule has 0 aromatic heterocycles. The number of amides is 1. The first-order valence-electron chi connectivity index (χ1n) is 7.80. The van der Waals surface area contributed by atoms with Crippen LogP contribution in [0, 0.1) is 5.92 Å². The molecule has 0 saturated heterocycles. The highest BCUT2D eigenvalue weighted by Crippen LogP contribution is 2.00. The summed E-state index contributed by atoms with van der Waals surface area (Å²) in [6.07, 6.45) is 0.978. The van der Waals surface area contributed by atoms with Gasteiger partial charge in [-0.2, -0.15) is 0 Å². The summed E-state index contributed by atoms with van der Waals surface area (Å²) < 4.78 is 5.41. The number of likely N-dealkylation sites (N-methyl/N-ethyl adjacent to an activating group) is 1. The van der Waals surface area contributed by atoms with Crippen LogP contribution in [-0.2, 0) is 14.3 Å². The lowest BCUT2D eigenvalue weighted by atomic mass is 10.1. The number of hydrogen-bond acceptors (Lipinski definition) is 4. The second-order valence-electron chi connectivity index (χ2n) is 6.12. The molecule has 0 radical (unpaired) electrons. The molecule has 0 heterocycles. The fourth-order valence-electron chi connectivity index (χ4n) is 1.61. The van der Waals surface area contributed by atoms with Crippen molar-refractivity contribution in [2.45, 2.75) is 46.6 Å². The molecule has 0 spiro atoms. The van der Waals surface area contributed by atoms with E-state index in [-0.39, 0.29) is 17.6 Å². The minimum absolute atomic E-state index is 0.0656. The Kier molecular flexibility index (Phi) is 10.3. The van der Waals surface area contributed by atoms with Crippen LogP contribution in [0.2, 0.25) is 0 Å². The van der Waals surface area contributed by atoms with Crippen LogP contribution in [-0.4, -0.2) is 67.9 Å². The minimum atomic E-state index is 0.0656. The molecule has 5 heteroatoms. The molecular formula is C16H32N2O3. The van der Waals surface area contributed by atoms with Crippen LogP contribution in [0.3, 0.4) is 0 Å². The Morgan fingerprint density at radius 2 is 1.57 bits per heavy atom. The Morgan fingerprint density at radius 3 is 2.10 bits per heavy atom. The van der Waals surface area contributed by atoms with Gasteiger partial charge in [-0.15, -0.1) is 0 Å². The zero-order valence-corrected chi connectivity index (χ0v) is 14.5.